The van der Waals surface area contributed by atoms with Crippen molar-refractivity contribution >= 4 is 28.4 Å². The van der Waals surface area contributed by atoms with Crippen molar-refractivity contribution in [2.75, 3.05) is 12.3 Å². The van der Waals surface area contributed by atoms with E-state index in [-0.39, 0.29) is 5.91 Å². The highest BCUT2D eigenvalue weighted by molar-refractivity contribution is 7.99. The van der Waals surface area contributed by atoms with Gasteiger partial charge in [-0.25, -0.2) is 4.98 Å². The van der Waals surface area contributed by atoms with Crippen molar-refractivity contribution in [3.63, 3.8) is 0 Å². The van der Waals surface area contributed by atoms with Crippen molar-refractivity contribution in [2.45, 2.75) is 11.4 Å². The quantitative estimate of drug-likeness (QED) is 0.547. The molecule has 0 aliphatic rings. The zero-order chi connectivity index (χ0) is 15.9. The number of carbonyl (C=O) groups is 1. The number of rotatable bonds is 6. The Morgan fingerprint density at radius 2 is 1.83 bits per heavy atom. The first-order valence-electron chi connectivity index (χ1n) is 7.64. The average molecular weight is 322 g/mol. The van der Waals surface area contributed by atoms with E-state index in [0.717, 1.165) is 33.5 Å². The maximum absolute atomic E-state index is 12.4. The van der Waals surface area contributed by atoms with Crippen LogP contribution in [0.25, 0.3) is 10.8 Å². The molecule has 2 aromatic carbocycles. The van der Waals surface area contributed by atoms with Crippen molar-refractivity contribution in [1.29, 1.82) is 0 Å². The lowest BCUT2D eigenvalue weighted by molar-refractivity contribution is 0.0955. The van der Waals surface area contributed by atoms with E-state index < -0.39 is 0 Å². The van der Waals surface area contributed by atoms with Gasteiger partial charge in [0.25, 0.3) is 5.91 Å². The van der Waals surface area contributed by atoms with E-state index in [9.17, 15) is 4.79 Å². The number of thioether (sulfide) groups is 1. The number of benzene rings is 2. The minimum Gasteiger partial charge on any atom is -0.352 e. The van der Waals surface area contributed by atoms with Gasteiger partial charge in [0, 0.05) is 24.1 Å². The van der Waals surface area contributed by atoms with Crippen LogP contribution in [0, 0.1) is 0 Å². The van der Waals surface area contributed by atoms with Gasteiger partial charge in [0.15, 0.2) is 0 Å². The normalized spacial score (nSPS) is 10.6. The van der Waals surface area contributed by atoms with Crippen LogP contribution in [0.15, 0.2) is 71.9 Å². The predicted molar refractivity (Wildman–Crippen MR) is 95.9 cm³/mol. The molecule has 0 saturated carbocycles. The summed E-state index contributed by atoms with van der Waals surface area (Å²) in [5, 5.41) is 6.11. The molecule has 0 aliphatic carbocycles. The van der Waals surface area contributed by atoms with Crippen LogP contribution in [-0.2, 0) is 0 Å². The molecule has 0 spiro atoms. The predicted octanol–water partition coefficient (Wildman–Crippen LogP) is 4.15. The summed E-state index contributed by atoms with van der Waals surface area (Å²) >= 11 is 1.71. The molecule has 0 atom stereocenters. The van der Waals surface area contributed by atoms with Crippen LogP contribution >= 0.6 is 11.8 Å². The number of hydrogen-bond acceptors (Lipinski definition) is 3. The Kier molecular flexibility index (Phi) is 5.27. The highest BCUT2D eigenvalue weighted by Crippen LogP contribution is 2.18. The Balaban J connectivity index is 1.51. The van der Waals surface area contributed by atoms with Crippen LogP contribution in [0.4, 0.5) is 0 Å². The van der Waals surface area contributed by atoms with E-state index in [0.29, 0.717) is 6.54 Å². The van der Waals surface area contributed by atoms with Crippen molar-refractivity contribution in [1.82, 2.24) is 10.3 Å². The van der Waals surface area contributed by atoms with E-state index in [4.69, 9.17) is 0 Å². The van der Waals surface area contributed by atoms with Crippen LogP contribution in [0.1, 0.15) is 16.8 Å². The fourth-order valence-corrected chi connectivity index (χ4v) is 3.21. The number of pyridine rings is 1. The van der Waals surface area contributed by atoms with Gasteiger partial charge in [0.1, 0.15) is 0 Å². The Morgan fingerprint density at radius 3 is 2.70 bits per heavy atom. The van der Waals surface area contributed by atoms with Gasteiger partial charge in [-0.2, -0.15) is 0 Å². The smallest absolute Gasteiger partial charge is 0.251 e. The van der Waals surface area contributed by atoms with Gasteiger partial charge in [-0.1, -0.05) is 42.5 Å². The van der Waals surface area contributed by atoms with Gasteiger partial charge in [0.2, 0.25) is 0 Å². The Labute approximate surface area is 140 Å². The largest absolute Gasteiger partial charge is 0.352 e. The molecule has 0 bridgehead atoms. The van der Waals surface area contributed by atoms with Gasteiger partial charge in [-0.05, 0) is 35.4 Å². The summed E-state index contributed by atoms with van der Waals surface area (Å²) in [6, 6.07) is 19.7. The van der Waals surface area contributed by atoms with Crippen molar-refractivity contribution in [2.24, 2.45) is 0 Å². The van der Waals surface area contributed by atoms with Crippen molar-refractivity contribution in [3.8, 4) is 0 Å². The van der Waals surface area contributed by atoms with Gasteiger partial charge in [-0.15, -0.1) is 11.8 Å². The molecule has 1 amide bonds. The van der Waals surface area contributed by atoms with E-state index in [1.807, 2.05) is 60.7 Å². The third-order valence-corrected chi connectivity index (χ3v) is 4.56. The Bertz CT molecular complexity index is 784. The van der Waals surface area contributed by atoms with Crippen LogP contribution < -0.4 is 5.32 Å². The first kappa shape index (κ1) is 15.6. The summed E-state index contributed by atoms with van der Waals surface area (Å²) in [5.74, 6) is 0.928. The second-order valence-electron chi connectivity index (χ2n) is 5.15. The standard InChI is InChI=1S/C19H18N2OS/c22-19(17-10-5-8-15-7-1-2-9-16(15)17)21-13-6-14-23-18-11-3-4-12-20-18/h1-5,7-12H,6,13-14H2,(H,21,22). The number of fused-ring (bicyclic) bond motifs is 1. The first-order chi connectivity index (χ1) is 11.3. The zero-order valence-corrected chi connectivity index (χ0v) is 13.6. The van der Waals surface area contributed by atoms with E-state index in [2.05, 4.69) is 10.3 Å². The van der Waals surface area contributed by atoms with E-state index in [1.54, 1.807) is 18.0 Å². The number of hydrogen-bond donors (Lipinski definition) is 1. The topological polar surface area (TPSA) is 42.0 Å². The van der Waals surface area contributed by atoms with Crippen LogP contribution in [0.5, 0.6) is 0 Å². The molecule has 4 heteroatoms. The second-order valence-corrected chi connectivity index (χ2v) is 6.27. The Hall–Kier alpha value is -2.33. The van der Waals surface area contributed by atoms with Gasteiger partial charge < -0.3 is 5.32 Å². The van der Waals surface area contributed by atoms with Gasteiger partial charge in [0.05, 0.1) is 5.03 Å². The van der Waals surface area contributed by atoms with Crippen LogP contribution in [-0.4, -0.2) is 23.2 Å². The number of nitrogens with zero attached hydrogens (tertiary/aromatic N) is 1. The number of aromatic nitrogens is 1. The Morgan fingerprint density at radius 1 is 1.00 bits per heavy atom. The van der Waals surface area contributed by atoms with E-state index in [1.165, 1.54) is 0 Å². The molecule has 0 saturated heterocycles. The number of nitrogens with one attached hydrogen (secondary N) is 1. The molecule has 0 fully saturated rings. The minimum atomic E-state index is -0.00960. The van der Waals surface area contributed by atoms with E-state index >= 15 is 0 Å². The van der Waals surface area contributed by atoms with Gasteiger partial charge >= 0.3 is 0 Å². The molecule has 1 N–H and O–H groups in total. The highest BCUT2D eigenvalue weighted by Gasteiger charge is 2.08. The molecule has 3 aromatic rings. The van der Waals surface area contributed by atoms with Crippen LogP contribution in [0.3, 0.4) is 0 Å². The minimum absolute atomic E-state index is 0.00960. The molecule has 0 aliphatic heterocycles. The molecule has 0 radical (unpaired) electrons. The third kappa shape index (κ3) is 4.11. The highest BCUT2D eigenvalue weighted by atomic mass is 32.2. The van der Waals surface area contributed by atoms with Crippen LogP contribution in [0.2, 0.25) is 0 Å². The molecule has 3 rings (SSSR count). The molecule has 1 heterocycles. The second kappa shape index (κ2) is 7.79. The number of carbonyl (C=O) groups excluding carboxylic acids is 1. The summed E-state index contributed by atoms with van der Waals surface area (Å²) in [5.41, 5.74) is 0.737. The van der Waals surface area contributed by atoms with Crippen molar-refractivity contribution < 1.29 is 4.79 Å². The molecule has 1 aromatic heterocycles. The summed E-state index contributed by atoms with van der Waals surface area (Å²) in [7, 11) is 0. The zero-order valence-electron chi connectivity index (χ0n) is 12.7. The summed E-state index contributed by atoms with van der Waals surface area (Å²) in [6.45, 7) is 0.669. The lowest BCUT2D eigenvalue weighted by Gasteiger charge is -2.08. The van der Waals surface area contributed by atoms with Gasteiger partial charge in [-0.3, -0.25) is 4.79 Å². The SMILES string of the molecule is O=C(NCCCSc1ccccn1)c1cccc2ccccc12. The average Bonchev–Trinajstić information content (AvgIpc) is 2.61. The summed E-state index contributed by atoms with van der Waals surface area (Å²) in [6.07, 6.45) is 2.71. The van der Waals surface area contributed by atoms with Crippen molar-refractivity contribution in [3.05, 3.63) is 72.4 Å². The summed E-state index contributed by atoms with van der Waals surface area (Å²) in [4.78, 5) is 16.6. The lowest BCUT2D eigenvalue weighted by Crippen LogP contribution is -2.25. The fraction of sp³-hybridized carbons (Fsp3) is 0.158. The maximum Gasteiger partial charge on any atom is 0.251 e. The first-order valence-corrected chi connectivity index (χ1v) is 8.63. The molecule has 3 nitrogen and oxygen atoms in total. The maximum atomic E-state index is 12.4. The molecular formula is C19H18N2OS. The lowest BCUT2D eigenvalue weighted by atomic mass is 10.0. The summed E-state index contributed by atoms with van der Waals surface area (Å²) < 4.78 is 0. The third-order valence-electron chi connectivity index (χ3n) is 3.53. The molecule has 23 heavy (non-hydrogen) atoms. The number of amides is 1. The fourth-order valence-electron chi connectivity index (χ4n) is 2.40. The monoisotopic (exact) mass is 322 g/mol. The molecular weight excluding hydrogens is 304 g/mol. The molecule has 0 unspecified atom stereocenters. The molecule has 116 valence electrons.